The molecule has 2 rings (SSSR count). The summed E-state index contributed by atoms with van der Waals surface area (Å²) in [5, 5.41) is 10.4. The normalized spacial score (nSPS) is 13.0. The minimum Gasteiger partial charge on any atom is -0.359 e. The predicted molar refractivity (Wildman–Crippen MR) is 102 cm³/mol. The number of rotatable bonds is 8. The molecule has 0 saturated heterocycles. The average Bonchev–Trinajstić information content (AvgIpc) is 3.08. The number of hydrogen-bond acceptors (Lipinski definition) is 4. The fourth-order valence-electron chi connectivity index (χ4n) is 2.19. The van der Waals surface area contributed by atoms with Crippen LogP contribution >= 0.6 is 0 Å². The van der Waals surface area contributed by atoms with Crippen LogP contribution in [-0.2, 0) is 23.1 Å². The molecule has 1 aromatic heterocycles. The highest BCUT2D eigenvalue weighted by molar-refractivity contribution is 7.84. The van der Waals surface area contributed by atoms with Crippen molar-refractivity contribution in [1.82, 2.24) is 15.8 Å². The van der Waals surface area contributed by atoms with Crippen LogP contribution in [0.15, 0.2) is 45.9 Å². The number of nitrogens with one attached hydrogen (secondary N) is 2. The van der Waals surface area contributed by atoms with Gasteiger partial charge in [0.05, 0.1) is 12.2 Å². The monoisotopic (exact) mass is 362 g/mol. The van der Waals surface area contributed by atoms with Gasteiger partial charge < -0.3 is 15.2 Å². The molecule has 0 aliphatic rings. The molecular weight excluding hydrogens is 336 g/mol. The SMILES string of the molecule is CN=C(NCCS(=O)Cc1ccccc1)NCc1cc(C(C)C)no1. The zero-order valence-electron chi connectivity index (χ0n) is 15.0. The Morgan fingerprint density at radius 2 is 2.04 bits per heavy atom. The first-order valence-corrected chi connectivity index (χ1v) is 9.86. The summed E-state index contributed by atoms with van der Waals surface area (Å²) in [6, 6.07) is 11.8. The molecule has 1 atom stereocenters. The Bertz CT molecular complexity index is 698. The molecule has 6 nitrogen and oxygen atoms in total. The molecule has 0 spiro atoms. The average molecular weight is 362 g/mol. The van der Waals surface area contributed by atoms with E-state index >= 15 is 0 Å². The lowest BCUT2D eigenvalue weighted by Crippen LogP contribution is -2.38. The van der Waals surface area contributed by atoms with Crippen LogP contribution in [0.3, 0.4) is 0 Å². The minimum absolute atomic E-state index is 0.342. The summed E-state index contributed by atoms with van der Waals surface area (Å²) >= 11 is 0. The van der Waals surface area contributed by atoms with Crippen LogP contribution in [0.1, 0.15) is 36.8 Å². The molecule has 1 aromatic carbocycles. The molecule has 1 heterocycles. The molecule has 2 aromatic rings. The van der Waals surface area contributed by atoms with Crippen LogP contribution < -0.4 is 10.6 Å². The van der Waals surface area contributed by atoms with Crippen molar-refractivity contribution < 1.29 is 8.73 Å². The lowest BCUT2D eigenvalue weighted by Gasteiger charge is -2.10. The molecule has 7 heteroatoms. The van der Waals surface area contributed by atoms with Crippen LogP contribution in [0.4, 0.5) is 0 Å². The summed E-state index contributed by atoms with van der Waals surface area (Å²) in [5.74, 6) is 2.90. The second kappa shape index (κ2) is 9.98. The van der Waals surface area contributed by atoms with Crippen molar-refractivity contribution in [3.63, 3.8) is 0 Å². The summed E-state index contributed by atoms with van der Waals surface area (Å²) in [5.41, 5.74) is 2.03. The van der Waals surface area contributed by atoms with Gasteiger partial charge in [-0.3, -0.25) is 9.20 Å². The van der Waals surface area contributed by atoms with Gasteiger partial charge in [0.2, 0.25) is 0 Å². The number of benzene rings is 1. The van der Waals surface area contributed by atoms with E-state index in [0.29, 0.717) is 36.5 Å². The van der Waals surface area contributed by atoms with E-state index < -0.39 is 10.8 Å². The van der Waals surface area contributed by atoms with Crippen molar-refractivity contribution >= 4 is 16.8 Å². The first-order chi connectivity index (χ1) is 12.1. The van der Waals surface area contributed by atoms with Gasteiger partial charge in [-0.2, -0.15) is 0 Å². The van der Waals surface area contributed by atoms with Crippen molar-refractivity contribution in [1.29, 1.82) is 0 Å². The van der Waals surface area contributed by atoms with E-state index in [0.717, 1.165) is 17.0 Å². The topological polar surface area (TPSA) is 79.5 Å². The molecule has 1 unspecified atom stereocenters. The van der Waals surface area contributed by atoms with Gasteiger partial charge in [0.15, 0.2) is 11.7 Å². The van der Waals surface area contributed by atoms with Gasteiger partial charge in [0, 0.05) is 42.0 Å². The van der Waals surface area contributed by atoms with Gasteiger partial charge in [0.25, 0.3) is 0 Å². The Kier molecular flexibility index (Phi) is 7.66. The highest BCUT2D eigenvalue weighted by Crippen LogP contribution is 2.13. The van der Waals surface area contributed by atoms with Gasteiger partial charge in [-0.1, -0.05) is 49.3 Å². The maximum Gasteiger partial charge on any atom is 0.191 e. The summed E-state index contributed by atoms with van der Waals surface area (Å²) in [7, 11) is 0.799. The van der Waals surface area contributed by atoms with Gasteiger partial charge in [-0.15, -0.1) is 0 Å². The van der Waals surface area contributed by atoms with E-state index in [-0.39, 0.29) is 0 Å². The van der Waals surface area contributed by atoms with E-state index in [1.54, 1.807) is 7.05 Å². The van der Waals surface area contributed by atoms with E-state index in [1.165, 1.54) is 0 Å². The fourth-order valence-corrected chi connectivity index (χ4v) is 3.23. The molecule has 0 bridgehead atoms. The maximum atomic E-state index is 12.1. The Hall–Kier alpha value is -2.15. The zero-order chi connectivity index (χ0) is 18.1. The number of aliphatic imine (C=N–C) groups is 1. The Labute approximate surface area is 151 Å². The van der Waals surface area contributed by atoms with Gasteiger partial charge in [-0.25, -0.2) is 0 Å². The van der Waals surface area contributed by atoms with Crippen molar-refractivity contribution in [2.75, 3.05) is 19.3 Å². The van der Waals surface area contributed by atoms with Crippen LogP contribution in [0.2, 0.25) is 0 Å². The van der Waals surface area contributed by atoms with Gasteiger partial charge in [-0.05, 0) is 11.5 Å². The van der Waals surface area contributed by atoms with E-state index in [4.69, 9.17) is 4.52 Å². The highest BCUT2D eigenvalue weighted by atomic mass is 32.2. The molecule has 0 aliphatic heterocycles. The van der Waals surface area contributed by atoms with E-state index in [2.05, 4.69) is 34.6 Å². The molecule has 0 radical (unpaired) electrons. The highest BCUT2D eigenvalue weighted by Gasteiger charge is 2.08. The van der Waals surface area contributed by atoms with Crippen LogP contribution in [0.5, 0.6) is 0 Å². The molecule has 136 valence electrons. The lowest BCUT2D eigenvalue weighted by atomic mass is 10.1. The molecule has 0 amide bonds. The van der Waals surface area contributed by atoms with Crippen molar-refractivity contribution in [2.24, 2.45) is 4.99 Å². The summed E-state index contributed by atoms with van der Waals surface area (Å²) in [4.78, 5) is 4.16. The molecule has 0 fully saturated rings. The Morgan fingerprint density at radius 1 is 1.28 bits per heavy atom. The predicted octanol–water partition coefficient (Wildman–Crippen LogP) is 2.41. The number of hydrogen-bond donors (Lipinski definition) is 2. The number of guanidine groups is 1. The third kappa shape index (κ3) is 6.70. The second-order valence-electron chi connectivity index (χ2n) is 6.00. The van der Waals surface area contributed by atoms with Crippen LogP contribution in [0, 0.1) is 0 Å². The maximum absolute atomic E-state index is 12.1. The molecule has 0 aliphatic carbocycles. The first-order valence-electron chi connectivity index (χ1n) is 8.37. The second-order valence-corrected chi connectivity index (χ2v) is 7.58. The third-order valence-electron chi connectivity index (χ3n) is 3.62. The molecule has 25 heavy (non-hydrogen) atoms. The first kappa shape index (κ1) is 19.2. The third-order valence-corrected chi connectivity index (χ3v) is 4.93. The van der Waals surface area contributed by atoms with Crippen LogP contribution in [0.25, 0.3) is 0 Å². The molecule has 0 saturated carbocycles. The standard InChI is InChI=1S/C18H26N4O2S/c1-14(2)17-11-16(24-22-17)12-21-18(19-3)20-9-10-25(23)13-15-7-5-4-6-8-15/h4-8,11,14H,9-10,12-13H2,1-3H3,(H2,19,20,21). The number of nitrogens with zero attached hydrogens (tertiary/aromatic N) is 2. The Balaban J connectivity index is 1.70. The zero-order valence-corrected chi connectivity index (χ0v) is 15.8. The largest absolute Gasteiger partial charge is 0.359 e. The van der Waals surface area contributed by atoms with Crippen molar-refractivity contribution in [3.8, 4) is 0 Å². The lowest BCUT2D eigenvalue weighted by molar-refractivity contribution is 0.372. The molecule has 2 N–H and O–H groups in total. The molecular formula is C18H26N4O2S. The van der Waals surface area contributed by atoms with Crippen molar-refractivity contribution in [3.05, 3.63) is 53.4 Å². The van der Waals surface area contributed by atoms with E-state index in [9.17, 15) is 4.21 Å². The summed E-state index contributed by atoms with van der Waals surface area (Å²) < 4.78 is 17.4. The minimum atomic E-state index is -0.905. The van der Waals surface area contributed by atoms with Gasteiger partial charge in [0.1, 0.15) is 0 Å². The van der Waals surface area contributed by atoms with E-state index in [1.807, 2.05) is 36.4 Å². The fraction of sp³-hybridized carbons (Fsp3) is 0.444. The van der Waals surface area contributed by atoms with Gasteiger partial charge >= 0.3 is 0 Å². The Morgan fingerprint density at radius 3 is 2.68 bits per heavy atom. The summed E-state index contributed by atoms with van der Waals surface area (Å²) in [6.07, 6.45) is 0. The smallest absolute Gasteiger partial charge is 0.191 e. The quantitative estimate of drug-likeness (QED) is 0.557. The van der Waals surface area contributed by atoms with Crippen molar-refractivity contribution in [2.45, 2.75) is 32.1 Å². The van der Waals surface area contributed by atoms with Crippen LogP contribution in [-0.4, -0.2) is 34.7 Å². The summed E-state index contributed by atoms with van der Waals surface area (Å²) in [6.45, 7) is 5.25. The number of aromatic nitrogens is 1.